The lowest BCUT2D eigenvalue weighted by molar-refractivity contribution is -0.139. The molecular weight excluding hydrogens is 347 g/mol. The molecule has 0 unspecified atom stereocenters. The summed E-state index contributed by atoms with van der Waals surface area (Å²) in [5, 5.41) is 11.6. The molecule has 1 amide bonds. The van der Waals surface area contributed by atoms with Crippen LogP contribution in [0.4, 0.5) is 13.2 Å². The molecule has 2 aromatic carbocycles. The maximum absolute atomic E-state index is 12.8. The molecule has 0 radical (unpaired) electrons. The first kappa shape index (κ1) is 19.5. The van der Waals surface area contributed by atoms with Crippen LogP contribution in [0.1, 0.15) is 32.6 Å². The van der Waals surface area contributed by atoms with Crippen molar-refractivity contribution in [1.82, 2.24) is 5.32 Å². The van der Waals surface area contributed by atoms with Gasteiger partial charge in [0.25, 0.3) is 5.91 Å². The normalized spacial score (nSPS) is 12.5. The molecule has 26 heavy (non-hydrogen) atoms. The first-order chi connectivity index (χ1) is 12.1. The van der Waals surface area contributed by atoms with Gasteiger partial charge in [-0.3, -0.25) is 4.79 Å². The number of hydrogen-bond acceptors (Lipinski definition) is 2. The Morgan fingerprint density at radius 3 is 2.35 bits per heavy atom. The van der Waals surface area contributed by atoms with E-state index in [1.807, 2.05) is 26.0 Å². The molecule has 4 nitrogen and oxygen atoms in total. The Balaban J connectivity index is 2.18. The summed E-state index contributed by atoms with van der Waals surface area (Å²) in [7, 11) is 0. The van der Waals surface area contributed by atoms with E-state index in [9.17, 15) is 27.9 Å². The van der Waals surface area contributed by atoms with E-state index in [1.54, 1.807) is 6.07 Å². The molecule has 0 aromatic heterocycles. The van der Waals surface area contributed by atoms with E-state index in [4.69, 9.17) is 0 Å². The number of amides is 1. The number of alkyl halides is 3. The number of hydrogen-bond donors (Lipinski definition) is 2. The third-order valence-corrected chi connectivity index (χ3v) is 4.07. The summed E-state index contributed by atoms with van der Waals surface area (Å²) in [5.41, 5.74) is 1.53. The molecule has 0 saturated heterocycles. The van der Waals surface area contributed by atoms with Crippen LogP contribution in [0.3, 0.4) is 0 Å². The maximum atomic E-state index is 12.8. The fourth-order valence-corrected chi connectivity index (χ4v) is 2.44. The van der Waals surface area contributed by atoms with Gasteiger partial charge in [0.15, 0.2) is 0 Å². The van der Waals surface area contributed by atoms with Crippen LogP contribution in [0.25, 0.3) is 0 Å². The predicted octanol–water partition coefficient (Wildman–Crippen LogP) is 3.75. The van der Waals surface area contributed by atoms with E-state index < -0.39 is 29.7 Å². The van der Waals surface area contributed by atoms with Crippen LogP contribution in [0.2, 0.25) is 0 Å². The summed E-state index contributed by atoms with van der Waals surface area (Å²) < 4.78 is 38.3. The van der Waals surface area contributed by atoms with Crippen molar-refractivity contribution in [1.29, 1.82) is 0 Å². The van der Waals surface area contributed by atoms with Crippen molar-refractivity contribution in [2.45, 2.75) is 32.5 Å². The third-order valence-electron chi connectivity index (χ3n) is 4.07. The lowest BCUT2D eigenvalue weighted by Gasteiger charge is -2.16. The van der Waals surface area contributed by atoms with Gasteiger partial charge in [-0.05, 0) is 48.7 Å². The van der Waals surface area contributed by atoms with Gasteiger partial charge in [-0.2, -0.15) is 13.2 Å². The Labute approximate surface area is 148 Å². The minimum Gasteiger partial charge on any atom is -0.480 e. The Bertz CT molecular complexity index is 831. The van der Waals surface area contributed by atoms with E-state index in [0.717, 1.165) is 23.3 Å². The second-order valence-corrected chi connectivity index (χ2v) is 6.07. The molecule has 2 N–H and O–H groups in total. The van der Waals surface area contributed by atoms with Crippen molar-refractivity contribution in [2.24, 2.45) is 0 Å². The fourth-order valence-electron chi connectivity index (χ4n) is 2.44. The Hall–Kier alpha value is -2.83. The number of nitrogens with one attached hydrogen (secondary N) is 1. The summed E-state index contributed by atoms with van der Waals surface area (Å²) >= 11 is 0. The largest absolute Gasteiger partial charge is 0.480 e. The summed E-state index contributed by atoms with van der Waals surface area (Å²) in [6.45, 7) is 3.80. The van der Waals surface area contributed by atoms with Gasteiger partial charge < -0.3 is 10.4 Å². The van der Waals surface area contributed by atoms with Crippen molar-refractivity contribution in [2.75, 3.05) is 0 Å². The molecule has 2 aromatic rings. The number of benzene rings is 2. The van der Waals surface area contributed by atoms with Crippen molar-refractivity contribution in [3.63, 3.8) is 0 Å². The van der Waals surface area contributed by atoms with Gasteiger partial charge in [-0.1, -0.05) is 24.3 Å². The second-order valence-electron chi connectivity index (χ2n) is 6.07. The Morgan fingerprint density at radius 2 is 1.77 bits per heavy atom. The van der Waals surface area contributed by atoms with Gasteiger partial charge in [0.2, 0.25) is 0 Å². The number of aryl methyl sites for hydroxylation is 2. The lowest BCUT2D eigenvalue weighted by Crippen LogP contribution is -2.42. The van der Waals surface area contributed by atoms with Crippen LogP contribution in [0, 0.1) is 13.8 Å². The van der Waals surface area contributed by atoms with Gasteiger partial charge in [-0.15, -0.1) is 0 Å². The van der Waals surface area contributed by atoms with Crippen LogP contribution < -0.4 is 5.32 Å². The number of carbonyl (C=O) groups excluding carboxylic acids is 1. The monoisotopic (exact) mass is 365 g/mol. The maximum Gasteiger partial charge on any atom is 0.416 e. The zero-order chi connectivity index (χ0) is 19.5. The summed E-state index contributed by atoms with van der Waals surface area (Å²) in [6.07, 6.45) is -4.55. The fraction of sp³-hybridized carbons (Fsp3) is 0.263. The molecule has 0 saturated carbocycles. The quantitative estimate of drug-likeness (QED) is 0.848. The molecule has 0 spiro atoms. The minimum absolute atomic E-state index is 0.0289. The van der Waals surface area contributed by atoms with E-state index in [2.05, 4.69) is 5.32 Å². The molecule has 0 fully saturated rings. The third kappa shape index (κ3) is 4.84. The van der Waals surface area contributed by atoms with Crippen molar-refractivity contribution >= 4 is 11.9 Å². The summed E-state index contributed by atoms with van der Waals surface area (Å²) in [6, 6.07) is 8.04. The highest BCUT2D eigenvalue weighted by molar-refractivity contribution is 5.96. The van der Waals surface area contributed by atoms with E-state index in [0.29, 0.717) is 11.6 Å². The first-order valence-electron chi connectivity index (χ1n) is 7.85. The topological polar surface area (TPSA) is 66.4 Å². The first-order valence-corrected chi connectivity index (χ1v) is 7.85. The average Bonchev–Trinajstić information content (AvgIpc) is 2.56. The molecule has 0 bridgehead atoms. The van der Waals surface area contributed by atoms with E-state index in [-0.39, 0.29) is 12.0 Å². The van der Waals surface area contributed by atoms with E-state index in [1.165, 1.54) is 6.07 Å². The standard InChI is InChI=1S/C19H18F3NO3/c1-11-6-7-13(8-12(11)2)9-16(18(25)26)23-17(24)14-4-3-5-15(10-14)19(20,21)22/h3-8,10,16H,9H2,1-2H3,(H,23,24)(H,25,26)/t16-/m1/s1. The zero-order valence-corrected chi connectivity index (χ0v) is 14.2. The number of halogens is 3. The van der Waals surface area contributed by atoms with Gasteiger partial charge >= 0.3 is 12.1 Å². The predicted molar refractivity (Wildman–Crippen MR) is 90.0 cm³/mol. The van der Waals surface area contributed by atoms with Gasteiger partial charge in [-0.25, -0.2) is 4.79 Å². The number of carboxylic acid groups (broad SMARTS) is 1. The lowest BCUT2D eigenvalue weighted by atomic mass is 10.0. The van der Waals surface area contributed by atoms with Crippen LogP contribution in [0.5, 0.6) is 0 Å². The molecule has 0 aliphatic rings. The Morgan fingerprint density at radius 1 is 1.08 bits per heavy atom. The zero-order valence-electron chi connectivity index (χ0n) is 14.2. The number of rotatable bonds is 5. The Kier molecular flexibility index (Phi) is 5.69. The molecule has 138 valence electrons. The molecule has 0 heterocycles. The smallest absolute Gasteiger partial charge is 0.416 e. The SMILES string of the molecule is Cc1ccc(C[C@@H](NC(=O)c2cccc(C(F)(F)F)c2)C(=O)O)cc1C. The molecule has 7 heteroatoms. The molecule has 0 aliphatic carbocycles. The van der Waals surface area contributed by atoms with Gasteiger partial charge in [0, 0.05) is 12.0 Å². The highest BCUT2D eigenvalue weighted by Gasteiger charge is 2.31. The summed E-state index contributed by atoms with van der Waals surface area (Å²) in [4.78, 5) is 23.7. The highest BCUT2D eigenvalue weighted by atomic mass is 19.4. The van der Waals surface area contributed by atoms with Crippen LogP contribution >= 0.6 is 0 Å². The van der Waals surface area contributed by atoms with E-state index >= 15 is 0 Å². The number of aliphatic carboxylic acids is 1. The molecular formula is C19H18F3NO3. The van der Waals surface area contributed by atoms with Gasteiger partial charge in [0.05, 0.1) is 5.56 Å². The molecule has 1 atom stereocenters. The van der Waals surface area contributed by atoms with Crippen molar-refractivity contribution in [3.8, 4) is 0 Å². The number of carbonyl (C=O) groups is 2. The number of carboxylic acids is 1. The van der Waals surface area contributed by atoms with Crippen molar-refractivity contribution in [3.05, 3.63) is 70.3 Å². The molecule has 2 rings (SSSR count). The van der Waals surface area contributed by atoms with Gasteiger partial charge in [0.1, 0.15) is 6.04 Å². The minimum atomic E-state index is -4.58. The molecule has 0 aliphatic heterocycles. The van der Waals surface area contributed by atoms with Crippen LogP contribution in [-0.2, 0) is 17.4 Å². The second kappa shape index (κ2) is 7.59. The van der Waals surface area contributed by atoms with Crippen LogP contribution in [0.15, 0.2) is 42.5 Å². The van der Waals surface area contributed by atoms with Crippen LogP contribution in [-0.4, -0.2) is 23.0 Å². The average molecular weight is 365 g/mol. The highest BCUT2D eigenvalue weighted by Crippen LogP contribution is 2.29. The summed E-state index contributed by atoms with van der Waals surface area (Å²) in [5.74, 6) is -2.13. The van der Waals surface area contributed by atoms with Crippen molar-refractivity contribution < 1.29 is 27.9 Å².